The van der Waals surface area contributed by atoms with Gasteiger partial charge in [0.15, 0.2) is 6.29 Å². The molecule has 12 heteroatoms. The molecule has 3 aromatic rings. The summed E-state index contributed by atoms with van der Waals surface area (Å²) >= 11 is 0. The average molecular weight is 873 g/mol. The first-order valence-corrected chi connectivity index (χ1v) is 22.2. The fourth-order valence-electron chi connectivity index (χ4n) is 6.01. The summed E-state index contributed by atoms with van der Waals surface area (Å²) in [6, 6.07) is 21.9. The molecule has 0 saturated carbocycles. The van der Waals surface area contributed by atoms with Crippen LogP contribution in [0.3, 0.4) is 0 Å². The van der Waals surface area contributed by atoms with E-state index in [1.807, 2.05) is 72.8 Å². The molecule has 3 rings (SSSR count). The van der Waals surface area contributed by atoms with Crippen LogP contribution < -0.4 is 14.2 Å². The van der Waals surface area contributed by atoms with Crippen LogP contribution in [0.25, 0.3) is 16.7 Å². The smallest absolute Gasteiger partial charge is 0.338 e. The Bertz CT molecular complexity index is 1710. The summed E-state index contributed by atoms with van der Waals surface area (Å²) in [6.07, 6.45) is 8.39. The first-order chi connectivity index (χ1) is 30.7. The van der Waals surface area contributed by atoms with Gasteiger partial charge >= 0.3 is 17.9 Å². The van der Waals surface area contributed by atoms with Crippen LogP contribution >= 0.6 is 0 Å². The van der Waals surface area contributed by atoms with Crippen LogP contribution in [0.5, 0.6) is 17.2 Å². The molecule has 0 aliphatic heterocycles. The summed E-state index contributed by atoms with van der Waals surface area (Å²) in [5.74, 6) is 0.941. The van der Waals surface area contributed by atoms with E-state index in [2.05, 4.69) is 19.7 Å². The molecule has 0 N–H and O–H groups in total. The van der Waals surface area contributed by atoms with Gasteiger partial charge in [-0.1, -0.05) is 56.1 Å². The van der Waals surface area contributed by atoms with E-state index in [1.54, 1.807) is 20.8 Å². The minimum Gasteiger partial charge on any atom is -0.494 e. The van der Waals surface area contributed by atoms with E-state index < -0.39 is 17.9 Å². The van der Waals surface area contributed by atoms with E-state index in [9.17, 15) is 14.4 Å². The third-order valence-electron chi connectivity index (χ3n) is 9.60. The Labute approximate surface area is 374 Å². The second-order valence-corrected chi connectivity index (χ2v) is 14.5. The third kappa shape index (κ3) is 21.0. The monoisotopic (exact) mass is 872 g/mol. The van der Waals surface area contributed by atoms with Crippen LogP contribution in [0.1, 0.15) is 102 Å². The summed E-state index contributed by atoms with van der Waals surface area (Å²) < 4.78 is 51.0. The third-order valence-corrected chi connectivity index (χ3v) is 9.60. The van der Waals surface area contributed by atoms with E-state index in [1.165, 1.54) is 0 Å². The zero-order valence-corrected chi connectivity index (χ0v) is 37.7. The van der Waals surface area contributed by atoms with Crippen molar-refractivity contribution in [2.24, 2.45) is 0 Å². The van der Waals surface area contributed by atoms with Crippen molar-refractivity contribution in [3.05, 3.63) is 109 Å². The summed E-state index contributed by atoms with van der Waals surface area (Å²) in [5.41, 5.74) is 3.09. The summed E-state index contributed by atoms with van der Waals surface area (Å²) in [5, 5.41) is 0. The van der Waals surface area contributed by atoms with E-state index in [4.69, 9.17) is 42.6 Å². The second kappa shape index (κ2) is 31.4. The molecule has 0 bridgehead atoms. The van der Waals surface area contributed by atoms with E-state index in [-0.39, 0.29) is 6.29 Å². The van der Waals surface area contributed by atoms with Gasteiger partial charge in [0.2, 0.25) is 0 Å². The fraction of sp³-hybridized carbons (Fsp3) is 0.471. The second-order valence-electron chi connectivity index (χ2n) is 14.5. The fourth-order valence-corrected chi connectivity index (χ4v) is 6.01. The molecule has 0 radical (unpaired) electrons. The number of rotatable bonds is 35. The molecule has 0 amide bonds. The van der Waals surface area contributed by atoms with Gasteiger partial charge in [-0.25, -0.2) is 14.4 Å². The maximum atomic E-state index is 11.9. The quantitative estimate of drug-likeness (QED) is 0.0183. The van der Waals surface area contributed by atoms with Gasteiger partial charge in [0.1, 0.15) is 17.2 Å². The Kier molecular flexibility index (Phi) is 25.9. The number of ether oxygens (including phenoxy) is 9. The van der Waals surface area contributed by atoms with Gasteiger partial charge in [-0.2, -0.15) is 0 Å². The Morgan fingerprint density at radius 1 is 0.413 bits per heavy atom. The number of carbonyl (C=O) groups is 3. The maximum absolute atomic E-state index is 11.9. The number of carbonyl (C=O) groups excluding carboxylic acids is 3. The summed E-state index contributed by atoms with van der Waals surface area (Å²) in [4.78, 5) is 35.8. The number of benzene rings is 3. The molecule has 0 aromatic heterocycles. The number of esters is 3. The number of unbranched alkanes of at least 4 members (excludes halogenated alkanes) is 6. The van der Waals surface area contributed by atoms with Crippen molar-refractivity contribution in [3.8, 4) is 17.2 Å². The van der Waals surface area contributed by atoms with Crippen molar-refractivity contribution in [1.29, 1.82) is 0 Å². The number of hydrogen-bond acceptors (Lipinski definition) is 12. The van der Waals surface area contributed by atoms with Gasteiger partial charge < -0.3 is 42.6 Å². The van der Waals surface area contributed by atoms with Crippen molar-refractivity contribution in [2.45, 2.75) is 91.3 Å². The molecule has 0 unspecified atom stereocenters. The minimum absolute atomic E-state index is 0.305. The van der Waals surface area contributed by atoms with Gasteiger partial charge in [0.25, 0.3) is 0 Å². The molecule has 3 aromatic carbocycles. The topological polar surface area (TPSA) is 134 Å². The van der Waals surface area contributed by atoms with Crippen molar-refractivity contribution in [3.63, 3.8) is 0 Å². The van der Waals surface area contributed by atoms with Crippen LogP contribution in [-0.2, 0) is 42.8 Å². The molecular formula is C51H68O12. The van der Waals surface area contributed by atoms with Crippen LogP contribution in [-0.4, -0.2) is 90.3 Å². The molecule has 0 spiro atoms. The average Bonchev–Trinajstić information content (AvgIpc) is 3.30. The number of hydrogen-bond donors (Lipinski definition) is 0. The zero-order valence-electron chi connectivity index (χ0n) is 37.7. The van der Waals surface area contributed by atoms with Gasteiger partial charge in [-0.05, 0) is 132 Å². The van der Waals surface area contributed by atoms with Crippen LogP contribution in [0.15, 0.2) is 92.5 Å². The van der Waals surface area contributed by atoms with Crippen molar-refractivity contribution >= 4 is 34.6 Å². The molecule has 0 aliphatic carbocycles. The zero-order chi connectivity index (χ0) is 45.5. The van der Waals surface area contributed by atoms with Crippen LogP contribution in [0, 0.1) is 0 Å². The molecule has 344 valence electrons. The van der Waals surface area contributed by atoms with Crippen molar-refractivity contribution in [1.82, 2.24) is 0 Å². The standard InChI is InChI=1S/C51H68O12/c1-7-56-49(52)39(4)42-19-25-45(26-20-42)59-33-14-10-13-32-55-38-31-48(62-36-17-11-15-34-60-46-27-21-43(22-28-46)40(5)50(53)57-8-2)63-37-18-12-16-35-61-47-29-23-44(24-30-47)41(6)51(54)58-9-3/h19-30,48H,4-18,31-38H2,1-3H3. The highest BCUT2D eigenvalue weighted by Crippen LogP contribution is 2.22. The van der Waals surface area contributed by atoms with Crippen LogP contribution in [0.4, 0.5) is 0 Å². The van der Waals surface area contributed by atoms with Crippen LogP contribution in [0.2, 0.25) is 0 Å². The predicted molar refractivity (Wildman–Crippen MR) is 245 cm³/mol. The highest BCUT2D eigenvalue weighted by molar-refractivity contribution is 6.16. The lowest BCUT2D eigenvalue weighted by Crippen LogP contribution is -2.21. The van der Waals surface area contributed by atoms with Crippen molar-refractivity contribution in [2.75, 3.05) is 66.1 Å². The SMILES string of the molecule is C=C(C(=O)OCC)c1ccc(OCCCCCOCCC(OCCCCCOc2ccc(C(=C)C(=O)OCC)cc2)OCCCCCOc2ccc(C(=C)C(=O)OCC)cc2)cc1. The lowest BCUT2D eigenvalue weighted by molar-refractivity contribution is -0.154. The van der Waals surface area contributed by atoms with E-state index in [0.717, 1.165) is 75.0 Å². The molecule has 0 saturated heterocycles. The van der Waals surface area contributed by atoms with Gasteiger partial charge in [0.05, 0.1) is 63.0 Å². The maximum Gasteiger partial charge on any atom is 0.338 e. The molecule has 0 fully saturated rings. The van der Waals surface area contributed by atoms with Gasteiger partial charge in [-0.3, -0.25) is 0 Å². The van der Waals surface area contributed by atoms with Crippen molar-refractivity contribution < 1.29 is 57.0 Å². The lowest BCUT2D eigenvalue weighted by Gasteiger charge is -2.19. The molecular weight excluding hydrogens is 805 g/mol. The molecule has 63 heavy (non-hydrogen) atoms. The largest absolute Gasteiger partial charge is 0.494 e. The summed E-state index contributed by atoms with van der Waals surface area (Å²) in [6.45, 7) is 21.7. The molecule has 0 aliphatic rings. The van der Waals surface area contributed by atoms with Gasteiger partial charge in [0, 0.05) is 26.2 Å². The predicted octanol–water partition coefficient (Wildman–Crippen LogP) is 10.2. The van der Waals surface area contributed by atoms with E-state index in [0.29, 0.717) is 106 Å². The first-order valence-electron chi connectivity index (χ1n) is 22.2. The van der Waals surface area contributed by atoms with Gasteiger partial charge in [-0.15, -0.1) is 0 Å². The highest BCUT2D eigenvalue weighted by atomic mass is 16.7. The molecule has 0 heterocycles. The minimum atomic E-state index is -0.423. The molecule has 12 nitrogen and oxygen atoms in total. The lowest BCUT2D eigenvalue weighted by atomic mass is 10.1. The normalized spacial score (nSPS) is 10.9. The van der Waals surface area contributed by atoms with E-state index >= 15 is 0 Å². The highest BCUT2D eigenvalue weighted by Gasteiger charge is 2.14. The Morgan fingerprint density at radius 2 is 0.714 bits per heavy atom. The Hall–Kier alpha value is -5.43. The first kappa shape index (κ1) is 51.9. The summed E-state index contributed by atoms with van der Waals surface area (Å²) in [7, 11) is 0. The Balaban J connectivity index is 1.32. The Morgan fingerprint density at radius 3 is 1.03 bits per heavy atom. The molecule has 0 atom stereocenters.